The van der Waals surface area contributed by atoms with Crippen molar-refractivity contribution < 1.29 is 19.0 Å². The largest absolute Gasteiger partial charge is 0.497 e. The second-order valence-electron chi connectivity index (χ2n) is 5.78. The van der Waals surface area contributed by atoms with Crippen molar-refractivity contribution in [2.45, 2.75) is 6.10 Å². The molecule has 2 aromatic carbocycles. The Labute approximate surface area is 147 Å². The first-order valence-electron chi connectivity index (χ1n) is 8.09. The summed E-state index contributed by atoms with van der Waals surface area (Å²) in [5.41, 5.74) is 0.849. The van der Waals surface area contributed by atoms with Crippen LogP contribution in [-0.2, 0) is 4.79 Å². The molecule has 0 bridgehead atoms. The van der Waals surface area contributed by atoms with Crippen molar-refractivity contribution in [1.29, 1.82) is 0 Å². The molecular weight excluding hydrogens is 318 g/mol. The molecule has 1 aliphatic rings. The second-order valence-corrected chi connectivity index (χ2v) is 5.78. The lowest BCUT2D eigenvalue weighted by Gasteiger charge is -2.38. The van der Waals surface area contributed by atoms with E-state index >= 15 is 0 Å². The minimum Gasteiger partial charge on any atom is -0.497 e. The van der Waals surface area contributed by atoms with Gasteiger partial charge in [-0.05, 0) is 35.9 Å². The highest BCUT2D eigenvalue weighted by Gasteiger charge is 2.31. The van der Waals surface area contributed by atoms with Crippen LogP contribution in [0.25, 0.3) is 6.08 Å². The second kappa shape index (κ2) is 7.75. The molecule has 0 aliphatic carbocycles. The zero-order chi connectivity index (χ0) is 17.6. The SMILES string of the molecule is COc1cc(/C=C\C(=O)N2CC(Oc3ccccc3)C2)cc(OC)c1. The Balaban J connectivity index is 1.54. The molecular formula is C20H21NO4. The van der Waals surface area contributed by atoms with Crippen molar-refractivity contribution in [2.75, 3.05) is 27.3 Å². The molecule has 1 heterocycles. The zero-order valence-electron chi connectivity index (χ0n) is 14.3. The van der Waals surface area contributed by atoms with Crippen LogP contribution in [0.3, 0.4) is 0 Å². The molecule has 0 N–H and O–H groups in total. The Bertz CT molecular complexity index is 729. The highest BCUT2D eigenvalue weighted by atomic mass is 16.5. The number of hydrogen-bond acceptors (Lipinski definition) is 4. The van der Waals surface area contributed by atoms with Gasteiger partial charge < -0.3 is 19.1 Å². The van der Waals surface area contributed by atoms with Crippen LogP contribution in [0.2, 0.25) is 0 Å². The normalized spacial score (nSPS) is 14.2. The van der Waals surface area contributed by atoms with Crippen LogP contribution >= 0.6 is 0 Å². The summed E-state index contributed by atoms with van der Waals surface area (Å²) in [5.74, 6) is 2.17. The summed E-state index contributed by atoms with van der Waals surface area (Å²) >= 11 is 0. The summed E-state index contributed by atoms with van der Waals surface area (Å²) in [4.78, 5) is 14.0. The molecule has 5 heteroatoms. The highest BCUT2D eigenvalue weighted by Crippen LogP contribution is 2.23. The first kappa shape index (κ1) is 16.9. The fraction of sp³-hybridized carbons (Fsp3) is 0.250. The van der Waals surface area contributed by atoms with Gasteiger partial charge in [0, 0.05) is 12.1 Å². The molecule has 25 heavy (non-hydrogen) atoms. The van der Waals surface area contributed by atoms with Crippen LogP contribution in [0.15, 0.2) is 54.6 Å². The van der Waals surface area contributed by atoms with Crippen molar-refractivity contribution in [3.05, 3.63) is 60.2 Å². The molecule has 1 fully saturated rings. The summed E-state index contributed by atoms with van der Waals surface area (Å²) in [6, 6.07) is 15.1. The van der Waals surface area contributed by atoms with Crippen molar-refractivity contribution in [2.24, 2.45) is 0 Å². The predicted molar refractivity (Wildman–Crippen MR) is 96.0 cm³/mol. The Hall–Kier alpha value is -2.95. The van der Waals surface area contributed by atoms with Gasteiger partial charge in [-0.15, -0.1) is 0 Å². The Morgan fingerprint density at radius 1 is 1.00 bits per heavy atom. The number of likely N-dealkylation sites (tertiary alicyclic amines) is 1. The molecule has 1 amide bonds. The van der Waals surface area contributed by atoms with E-state index in [9.17, 15) is 4.79 Å². The standard InChI is InChI=1S/C20H21NO4/c1-23-17-10-15(11-18(12-17)24-2)8-9-20(22)21-13-19(14-21)25-16-6-4-3-5-7-16/h3-12,19H,13-14H2,1-2H3/b9-8-. The summed E-state index contributed by atoms with van der Waals surface area (Å²) in [6.07, 6.45) is 3.38. The number of nitrogens with zero attached hydrogens (tertiary/aromatic N) is 1. The van der Waals surface area contributed by atoms with Crippen molar-refractivity contribution in [1.82, 2.24) is 4.90 Å². The summed E-state index contributed by atoms with van der Waals surface area (Å²) in [5, 5.41) is 0. The van der Waals surface area contributed by atoms with Gasteiger partial charge in [-0.25, -0.2) is 0 Å². The minimum absolute atomic E-state index is 0.0327. The molecule has 1 aliphatic heterocycles. The van der Waals surface area contributed by atoms with E-state index in [0.717, 1.165) is 11.3 Å². The summed E-state index contributed by atoms with van der Waals surface area (Å²) < 4.78 is 16.3. The highest BCUT2D eigenvalue weighted by molar-refractivity contribution is 5.92. The average Bonchev–Trinajstić information content (AvgIpc) is 2.62. The number of ether oxygens (including phenoxy) is 3. The monoisotopic (exact) mass is 339 g/mol. The van der Waals surface area contributed by atoms with Gasteiger partial charge in [-0.1, -0.05) is 18.2 Å². The number of para-hydroxylation sites is 1. The van der Waals surface area contributed by atoms with Crippen LogP contribution in [0, 0.1) is 0 Å². The zero-order valence-corrected chi connectivity index (χ0v) is 14.3. The van der Waals surface area contributed by atoms with E-state index in [-0.39, 0.29) is 12.0 Å². The van der Waals surface area contributed by atoms with Crippen LogP contribution in [-0.4, -0.2) is 44.2 Å². The van der Waals surface area contributed by atoms with Gasteiger partial charge in [0.2, 0.25) is 5.91 Å². The molecule has 0 unspecified atom stereocenters. The van der Waals surface area contributed by atoms with Gasteiger partial charge in [0.05, 0.1) is 27.3 Å². The van der Waals surface area contributed by atoms with Gasteiger partial charge >= 0.3 is 0 Å². The van der Waals surface area contributed by atoms with Crippen molar-refractivity contribution in [3.8, 4) is 17.2 Å². The van der Waals surface area contributed by atoms with Gasteiger partial charge in [-0.2, -0.15) is 0 Å². The van der Waals surface area contributed by atoms with E-state index in [1.165, 1.54) is 0 Å². The maximum absolute atomic E-state index is 12.2. The van der Waals surface area contributed by atoms with Crippen molar-refractivity contribution in [3.63, 3.8) is 0 Å². The summed E-state index contributed by atoms with van der Waals surface area (Å²) in [6.45, 7) is 1.19. The van der Waals surface area contributed by atoms with Crippen molar-refractivity contribution >= 4 is 12.0 Å². The van der Waals surface area contributed by atoms with Gasteiger partial charge in [0.1, 0.15) is 23.4 Å². The molecule has 0 radical (unpaired) electrons. The van der Waals surface area contributed by atoms with Crippen LogP contribution in [0.5, 0.6) is 17.2 Å². The quantitative estimate of drug-likeness (QED) is 0.759. The maximum Gasteiger partial charge on any atom is 0.246 e. The first-order valence-corrected chi connectivity index (χ1v) is 8.09. The molecule has 0 aromatic heterocycles. The third-order valence-electron chi connectivity index (χ3n) is 4.00. The van der Waals surface area contributed by atoms with E-state index in [4.69, 9.17) is 14.2 Å². The molecule has 0 atom stereocenters. The lowest BCUT2D eigenvalue weighted by molar-refractivity contribution is -0.134. The molecule has 2 aromatic rings. The van der Waals surface area contributed by atoms with Gasteiger partial charge in [0.15, 0.2) is 0 Å². The van der Waals surface area contributed by atoms with E-state index in [0.29, 0.717) is 24.6 Å². The fourth-order valence-corrected chi connectivity index (χ4v) is 2.58. The molecule has 130 valence electrons. The van der Waals surface area contributed by atoms with E-state index in [2.05, 4.69) is 0 Å². The summed E-state index contributed by atoms with van der Waals surface area (Å²) in [7, 11) is 3.20. The molecule has 1 saturated heterocycles. The topological polar surface area (TPSA) is 48.0 Å². The number of methoxy groups -OCH3 is 2. The predicted octanol–water partition coefficient (Wildman–Crippen LogP) is 3.01. The molecule has 0 saturated carbocycles. The number of carbonyl (C=O) groups excluding carboxylic acids is 1. The fourth-order valence-electron chi connectivity index (χ4n) is 2.58. The lowest BCUT2D eigenvalue weighted by atomic mass is 10.1. The Morgan fingerprint density at radius 2 is 1.64 bits per heavy atom. The number of hydrogen-bond donors (Lipinski definition) is 0. The Morgan fingerprint density at radius 3 is 2.24 bits per heavy atom. The van der Waals surface area contributed by atoms with Crippen LogP contribution in [0.4, 0.5) is 0 Å². The molecule has 5 nitrogen and oxygen atoms in total. The van der Waals surface area contributed by atoms with Crippen LogP contribution in [0.1, 0.15) is 5.56 Å². The smallest absolute Gasteiger partial charge is 0.246 e. The first-order chi connectivity index (χ1) is 12.2. The number of rotatable bonds is 6. The Kier molecular flexibility index (Phi) is 5.23. The lowest BCUT2D eigenvalue weighted by Crippen LogP contribution is -2.55. The van der Waals surface area contributed by atoms with E-state index in [1.54, 1.807) is 37.3 Å². The number of amides is 1. The maximum atomic E-state index is 12.2. The van der Waals surface area contributed by atoms with Gasteiger partial charge in [-0.3, -0.25) is 4.79 Å². The minimum atomic E-state index is -0.0327. The average molecular weight is 339 g/mol. The van der Waals surface area contributed by atoms with Gasteiger partial charge in [0.25, 0.3) is 0 Å². The van der Waals surface area contributed by atoms with Crippen LogP contribution < -0.4 is 14.2 Å². The van der Waals surface area contributed by atoms with E-state index in [1.807, 2.05) is 42.5 Å². The number of benzene rings is 2. The third-order valence-corrected chi connectivity index (χ3v) is 4.00. The number of carbonyl (C=O) groups is 1. The van der Waals surface area contributed by atoms with E-state index < -0.39 is 0 Å². The molecule has 3 rings (SSSR count). The third kappa shape index (κ3) is 4.32. The molecule has 0 spiro atoms.